The molecule has 0 saturated heterocycles. The first-order valence-corrected chi connectivity index (χ1v) is 13.2. The molecule has 0 aliphatic rings. The third-order valence-electron chi connectivity index (χ3n) is 5.64. The summed E-state index contributed by atoms with van der Waals surface area (Å²) in [6.45, 7) is 7.66. The summed E-state index contributed by atoms with van der Waals surface area (Å²) in [4.78, 5) is 52.8. The Balaban J connectivity index is 2.24. The fourth-order valence-electron chi connectivity index (χ4n) is 4.06. The highest BCUT2D eigenvalue weighted by Gasteiger charge is 2.28. The minimum absolute atomic E-state index is 0.126. The van der Waals surface area contributed by atoms with Crippen LogP contribution in [0.4, 0.5) is 0 Å². The maximum absolute atomic E-state index is 13.8. The van der Waals surface area contributed by atoms with Crippen LogP contribution in [0.25, 0.3) is 10.2 Å². The van der Waals surface area contributed by atoms with Crippen molar-refractivity contribution in [3.8, 4) is 0 Å². The molecular formula is C27H34N2O9S. The molecule has 2 heterocycles. The number of hydrogen-bond acceptors (Lipinski definition) is 10. The van der Waals surface area contributed by atoms with Crippen molar-refractivity contribution in [2.75, 3.05) is 20.3 Å². The molecule has 39 heavy (non-hydrogen) atoms. The van der Waals surface area contributed by atoms with Gasteiger partial charge in [0.15, 0.2) is 6.29 Å². The van der Waals surface area contributed by atoms with E-state index in [-0.39, 0.29) is 34.9 Å². The van der Waals surface area contributed by atoms with Gasteiger partial charge in [-0.3, -0.25) is 13.9 Å². The number of hydrogen-bond donors (Lipinski definition) is 1. The second-order valence-corrected chi connectivity index (χ2v) is 10.8. The minimum Gasteiger partial charge on any atom is -0.462 e. The van der Waals surface area contributed by atoms with Gasteiger partial charge in [0, 0.05) is 7.11 Å². The van der Waals surface area contributed by atoms with E-state index in [2.05, 4.69) is 0 Å². The molecule has 2 aromatic heterocycles. The van der Waals surface area contributed by atoms with E-state index in [1.54, 1.807) is 65.0 Å². The molecule has 1 aromatic carbocycles. The molecule has 11 nitrogen and oxygen atoms in total. The number of esters is 2. The zero-order valence-electron chi connectivity index (χ0n) is 22.9. The molecule has 0 spiro atoms. The third-order valence-corrected chi connectivity index (χ3v) is 6.93. The third kappa shape index (κ3) is 7.21. The maximum Gasteiger partial charge on any atom is 0.348 e. The fraction of sp³-hybridized carbons (Fsp3) is 0.481. The van der Waals surface area contributed by atoms with Crippen molar-refractivity contribution < 1.29 is 33.6 Å². The molecule has 1 N–H and O–H groups in total. The van der Waals surface area contributed by atoms with Crippen LogP contribution >= 0.6 is 11.3 Å². The number of aromatic nitrogens is 2. The average molecular weight is 563 g/mol. The molecule has 0 bridgehead atoms. The summed E-state index contributed by atoms with van der Waals surface area (Å²) >= 11 is 0.947. The van der Waals surface area contributed by atoms with Gasteiger partial charge in [0.05, 0.1) is 30.7 Å². The molecule has 0 saturated carbocycles. The van der Waals surface area contributed by atoms with Crippen LogP contribution in [0.2, 0.25) is 0 Å². The number of aryl methyl sites for hydroxylation is 1. The van der Waals surface area contributed by atoms with Gasteiger partial charge in [0.25, 0.3) is 5.56 Å². The van der Waals surface area contributed by atoms with Crippen molar-refractivity contribution in [3.63, 3.8) is 0 Å². The summed E-state index contributed by atoms with van der Waals surface area (Å²) in [5.74, 6) is -1.27. The summed E-state index contributed by atoms with van der Waals surface area (Å²) in [6.07, 6.45) is -2.39. The van der Waals surface area contributed by atoms with Crippen LogP contribution in [-0.4, -0.2) is 58.4 Å². The summed E-state index contributed by atoms with van der Waals surface area (Å²) in [7, 11) is 1.36. The normalized spacial score (nSPS) is 13.3. The lowest BCUT2D eigenvalue weighted by molar-refractivity contribution is -0.172. The van der Waals surface area contributed by atoms with E-state index in [1.807, 2.05) is 0 Å². The highest BCUT2D eigenvalue weighted by molar-refractivity contribution is 7.20. The lowest BCUT2D eigenvalue weighted by atomic mass is 10.1. The van der Waals surface area contributed by atoms with Gasteiger partial charge in [0.2, 0.25) is 0 Å². The SMILES string of the molecule is CCOC(=O)c1sc2c(c1C)c(=O)n(CC(O)OC(C)(C)C)c(=O)n2CC(OC(=O)COC)c1ccccc1. The smallest absolute Gasteiger partial charge is 0.348 e. The van der Waals surface area contributed by atoms with Crippen LogP contribution in [0.5, 0.6) is 0 Å². The van der Waals surface area contributed by atoms with Crippen molar-refractivity contribution in [2.24, 2.45) is 0 Å². The van der Waals surface area contributed by atoms with Gasteiger partial charge >= 0.3 is 17.6 Å². The summed E-state index contributed by atoms with van der Waals surface area (Å²) < 4.78 is 23.4. The first kappa shape index (κ1) is 30.2. The van der Waals surface area contributed by atoms with E-state index >= 15 is 0 Å². The number of aliphatic hydroxyl groups excluding tert-OH is 1. The maximum atomic E-state index is 13.8. The van der Waals surface area contributed by atoms with Gasteiger partial charge in [-0.05, 0) is 45.7 Å². The van der Waals surface area contributed by atoms with Crippen LogP contribution in [0.15, 0.2) is 39.9 Å². The number of rotatable bonds is 11. The fourth-order valence-corrected chi connectivity index (χ4v) is 5.26. The number of methoxy groups -OCH3 is 1. The molecular weight excluding hydrogens is 528 g/mol. The van der Waals surface area contributed by atoms with E-state index < -0.39 is 47.7 Å². The summed E-state index contributed by atoms with van der Waals surface area (Å²) in [5, 5.41) is 10.7. The van der Waals surface area contributed by atoms with Crippen LogP contribution < -0.4 is 11.2 Å². The Bertz CT molecular complexity index is 1430. The van der Waals surface area contributed by atoms with E-state index in [1.165, 1.54) is 11.7 Å². The number of fused-ring (bicyclic) bond motifs is 1. The van der Waals surface area contributed by atoms with Crippen LogP contribution in [0.3, 0.4) is 0 Å². The molecule has 0 amide bonds. The molecule has 0 fully saturated rings. The molecule has 2 unspecified atom stereocenters. The van der Waals surface area contributed by atoms with E-state index in [0.29, 0.717) is 11.1 Å². The zero-order chi connectivity index (χ0) is 28.9. The van der Waals surface area contributed by atoms with Crippen molar-refractivity contribution in [3.05, 3.63) is 67.2 Å². The molecule has 12 heteroatoms. The van der Waals surface area contributed by atoms with E-state index in [9.17, 15) is 24.3 Å². The zero-order valence-corrected chi connectivity index (χ0v) is 23.7. The molecule has 0 aliphatic heterocycles. The highest BCUT2D eigenvalue weighted by atomic mass is 32.1. The number of thiophene rings is 1. The average Bonchev–Trinajstić information content (AvgIpc) is 3.20. The highest BCUT2D eigenvalue weighted by Crippen LogP contribution is 2.30. The van der Waals surface area contributed by atoms with Crippen LogP contribution in [0.1, 0.15) is 54.6 Å². The summed E-state index contributed by atoms with van der Waals surface area (Å²) in [5.41, 5.74) is -1.23. The Hall–Kier alpha value is -3.32. The quantitative estimate of drug-likeness (QED) is 0.276. The van der Waals surface area contributed by atoms with Gasteiger partial charge in [-0.15, -0.1) is 11.3 Å². The number of carbonyl (C=O) groups excluding carboxylic acids is 2. The van der Waals surface area contributed by atoms with Crippen molar-refractivity contribution in [2.45, 2.75) is 65.7 Å². The number of benzene rings is 1. The largest absolute Gasteiger partial charge is 0.462 e. The van der Waals surface area contributed by atoms with Gasteiger partial charge in [0.1, 0.15) is 22.4 Å². The van der Waals surface area contributed by atoms with Gasteiger partial charge in [-0.25, -0.2) is 14.4 Å². The second-order valence-electron chi connectivity index (χ2n) is 9.77. The first-order chi connectivity index (χ1) is 18.4. The second kappa shape index (κ2) is 12.7. The molecule has 3 aromatic rings. The van der Waals surface area contributed by atoms with Gasteiger partial charge in [-0.2, -0.15) is 0 Å². The first-order valence-electron chi connectivity index (χ1n) is 12.4. The number of aliphatic hydroxyl groups is 1. The topological polar surface area (TPSA) is 135 Å². The number of ether oxygens (including phenoxy) is 4. The molecule has 212 valence electrons. The Morgan fingerprint density at radius 2 is 1.74 bits per heavy atom. The van der Waals surface area contributed by atoms with Gasteiger partial charge < -0.3 is 24.1 Å². The molecule has 3 rings (SSSR count). The molecule has 0 radical (unpaired) electrons. The molecule has 2 atom stereocenters. The predicted molar refractivity (Wildman–Crippen MR) is 145 cm³/mol. The Kier molecular flexibility index (Phi) is 9.83. The molecule has 0 aliphatic carbocycles. The Labute approximate surface area is 229 Å². The van der Waals surface area contributed by atoms with Crippen LogP contribution in [0, 0.1) is 6.92 Å². The standard InChI is InChI=1S/C27H34N2O9S/c1-7-36-25(33)22-16(2)21-23(32)28(14-19(30)38-27(3,4)5)26(34)29(24(21)39-22)13-18(37-20(31)15-35-6)17-11-9-8-10-12-17/h8-12,18-19,30H,7,13-15H2,1-6H3. The van der Waals surface area contributed by atoms with E-state index in [0.717, 1.165) is 15.9 Å². The lowest BCUT2D eigenvalue weighted by Gasteiger charge is -2.25. The van der Waals surface area contributed by atoms with E-state index in [4.69, 9.17) is 18.9 Å². The number of carbonyl (C=O) groups is 2. The monoisotopic (exact) mass is 562 g/mol. The van der Waals surface area contributed by atoms with Gasteiger partial charge in [-0.1, -0.05) is 30.3 Å². The van der Waals surface area contributed by atoms with Crippen molar-refractivity contribution >= 4 is 33.5 Å². The minimum atomic E-state index is -1.46. The number of nitrogens with zero attached hydrogens (tertiary/aromatic N) is 2. The Morgan fingerprint density at radius 3 is 2.33 bits per heavy atom. The van der Waals surface area contributed by atoms with Crippen LogP contribution in [-0.2, 0) is 36.8 Å². The Morgan fingerprint density at radius 1 is 1.08 bits per heavy atom. The lowest BCUT2D eigenvalue weighted by Crippen LogP contribution is -2.44. The van der Waals surface area contributed by atoms with Crippen molar-refractivity contribution in [1.29, 1.82) is 0 Å². The summed E-state index contributed by atoms with van der Waals surface area (Å²) in [6, 6.07) is 8.81. The predicted octanol–water partition coefficient (Wildman–Crippen LogP) is 2.77. The van der Waals surface area contributed by atoms with Crippen molar-refractivity contribution in [1.82, 2.24) is 9.13 Å².